The fourth-order valence-corrected chi connectivity index (χ4v) is 2.24. The van der Waals surface area contributed by atoms with Gasteiger partial charge in [0.15, 0.2) is 0 Å². The number of hydrogen-bond acceptors (Lipinski definition) is 4. The van der Waals surface area contributed by atoms with Gasteiger partial charge in [-0.05, 0) is 23.8 Å². The number of alkyl halides is 3. The van der Waals surface area contributed by atoms with Crippen LogP contribution in [-0.4, -0.2) is 9.97 Å². The van der Waals surface area contributed by atoms with E-state index in [1.807, 2.05) is 30.3 Å². The first-order valence-corrected chi connectivity index (χ1v) is 7.84. The van der Waals surface area contributed by atoms with Crippen molar-refractivity contribution in [1.82, 2.24) is 9.97 Å². The molecular weight excluding hydrogens is 369 g/mol. The molecule has 3 aromatic rings. The van der Waals surface area contributed by atoms with Crippen LogP contribution >= 0.6 is 11.6 Å². The van der Waals surface area contributed by atoms with Gasteiger partial charge in [0.25, 0.3) is 0 Å². The van der Waals surface area contributed by atoms with Crippen LogP contribution in [0.3, 0.4) is 0 Å². The maximum atomic E-state index is 12.8. The van der Waals surface area contributed by atoms with Crippen molar-refractivity contribution in [3.63, 3.8) is 0 Å². The van der Waals surface area contributed by atoms with E-state index < -0.39 is 11.7 Å². The van der Waals surface area contributed by atoms with E-state index in [0.29, 0.717) is 0 Å². The van der Waals surface area contributed by atoms with Crippen molar-refractivity contribution in [2.24, 2.45) is 0 Å². The van der Waals surface area contributed by atoms with Crippen molar-refractivity contribution in [2.45, 2.75) is 12.8 Å². The molecule has 0 aliphatic heterocycles. The largest absolute Gasteiger partial charge is 0.458 e. The van der Waals surface area contributed by atoms with E-state index in [1.165, 1.54) is 18.2 Å². The zero-order valence-electron chi connectivity index (χ0n) is 13.2. The zero-order chi connectivity index (χ0) is 18.6. The summed E-state index contributed by atoms with van der Waals surface area (Å²) in [4.78, 5) is 7.93. The lowest BCUT2D eigenvalue weighted by Crippen LogP contribution is -2.05. The number of ether oxygens (including phenoxy) is 2. The normalized spacial score (nSPS) is 11.2. The molecule has 0 unspecified atom stereocenters. The van der Waals surface area contributed by atoms with E-state index in [1.54, 1.807) is 0 Å². The second kappa shape index (κ2) is 7.61. The van der Waals surface area contributed by atoms with Gasteiger partial charge >= 0.3 is 12.2 Å². The molecule has 26 heavy (non-hydrogen) atoms. The van der Waals surface area contributed by atoms with Gasteiger partial charge in [-0.15, -0.1) is 0 Å². The maximum Gasteiger partial charge on any atom is 0.416 e. The van der Waals surface area contributed by atoms with Gasteiger partial charge in [0.05, 0.1) is 5.56 Å². The highest BCUT2D eigenvalue weighted by Crippen LogP contribution is 2.32. The summed E-state index contributed by atoms with van der Waals surface area (Å²) >= 11 is 5.91. The Kier molecular flexibility index (Phi) is 5.27. The molecule has 0 aliphatic rings. The Morgan fingerprint density at radius 2 is 1.69 bits per heavy atom. The fraction of sp³-hybridized carbons (Fsp3) is 0.111. The van der Waals surface area contributed by atoms with Gasteiger partial charge in [0.2, 0.25) is 5.88 Å². The summed E-state index contributed by atoms with van der Waals surface area (Å²) in [6.07, 6.45) is -4.47. The number of nitrogens with zero attached hydrogens (tertiary/aromatic N) is 2. The first-order chi connectivity index (χ1) is 12.4. The maximum absolute atomic E-state index is 12.8. The summed E-state index contributed by atoms with van der Waals surface area (Å²) < 4.78 is 49.2. The Hall–Kier alpha value is -2.80. The molecule has 0 saturated heterocycles. The molecule has 0 N–H and O–H groups in total. The molecule has 0 amide bonds. The van der Waals surface area contributed by atoms with Crippen LogP contribution in [0, 0.1) is 0 Å². The average molecular weight is 381 g/mol. The third-order valence-corrected chi connectivity index (χ3v) is 3.44. The Labute approximate surface area is 152 Å². The van der Waals surface area contributed by atoms with Crippen LogP contribution < -0.4 is 9.47 Å². The van der Waals surface area contributed by atoms with E-state index in [-0.39, 0.29) is 29.4 Å². The molecule has 3 rings (SSSR count). The van der Waals surface area contributed by atoms with Gasteiger partial charge in [0.1, 0.15) is 17.5 Å². The van der Waals surface area contributed by atoms with E-state index in [0.717, 1.165) is 17.7 Å². The number of hydrogen-bond donors (Lipinski definition) is 0. The molecule has 8 heteroatoms. The van der Waals surface area contributed by atoms with Crippen LogP contribution in [0.2, 0.25) is 5.15 Å². The molecule has 0 radical (unpaired) electrons. The van der Waals surface area contributed by atoms with Crippen molar-refractivity contribution in [2.75, 3.05) is 0 Å². The molecule has 0 fully saturated rings. The predicted molar refractivity (Wildman–Crippen MR) is 89.3 cm³/mol. The average Bonchev–Trinajstić information content (AvgIpc) is 2.60. The highest BCUT2D eigenvalue weighted by atomic mass is 35.5. The third kappa shape index (κ3) is 4.86. The van der Waals surface area contributed by atoms with Crippen molar-refractivity contribution >= 4 is 11.6 Å². The van der Waals surface area contributed by atoms with Crippen molar-refractivity contribution in [1.29, 1.82) is 0 Å². The minimum Gasteiger partial charge on any atom is -0.458 e. The summed E-state index contributed by atoms with van der Waals surface area (Å²) in [5.41, 5.74) is 0.0760. The summed E-state index contributed by atoms with van der Waals surface area (Å²) in [5.74, 6) is -0.0454. The quantitative estimate of drug-likeness (QED) is 0.547. The van der Waals surface area contributed by atoms with Gasteiger partial charge in [-0.2, -0.15) is 23.1 Å². The van der Waals surface area contributed by atoms with Crippen LogP contribution in [0.1, 0.15) is 11.1 Å². The molecule has 1 aromatic heterocycles. The SMILES string of the molecule is FC(F)(F)c1cccc(Oc2cc(Cl)nc(OCc3ccccc3)n2)c1. The van der Waals surface area contributed by atoms with Gasteiger partial charge in [-0.1, -0.05) is 48.0 Å². The smallest absolute Gasteiger partial charge is 0.416 e. The minimum atomic E-state index is -4.47. The first-order valence-electron chi connectivity index (χ1n) is 7.46. The number of halogens is 4. The first kappa shape index (κ1) is 18.0. The summed E-state index contributed by atoms with van der Waals surface area (Å²) in [7, 11) is 0. The van der Waals surface area contributed by atoms with Crippen LogP contribution in [0.15, 0.2) is 60.7 Å². The Morgan fingerprint density at radius 1 is 0.923 bits per heavy atom. The van der Waals surface area contributed by atoms with Gasteiger partial charge < -0.3 is 9.47 Å². The molecule has 0 spiro atoms. The van der Waals surface area contributed by atoms with Gasteiger partial charge in [0, 0.05) is 6.07 Å². The molecule has 1 heterocycles. The number of benzene rings is 2. The van der Waals surface area contributed by atoms with Crippen molar-refractivity contribution < 1.29 is 22.6 Å². The van der Waals surface area contributed by atoms with Crippen LogP contribution in [0.4, 0.5) is 13.2 Å². The lowest BCUT2D eigenvalue weighted by molar-refractivity contribution is -0.137. The summed E-state index contributed by atoms with van der Waals surface area (Å²) in [5, 5.41) is 0.0463. The van der Waals surface area contributed by atoms with Crippen LogP contribution in [0.25, 0.3) is 0 Å². The Bertz CT molecular complexity index is 889. The molecule has 134 valence electrons. The Morgan fingerprint density at radius 3 is 2.42 bits per heavy atom. The standard InChI is InChI=1S/C18H12ClF3N2O2/c19-15-10-16(26-14-8-4-7-13(9-14)18(20,21)22)24-17(23-15)25-11-12-5-2-1-3-6-12/h1-10H,11H2. The zero-order valence-corrected chi connectivity index (χ0v) is 14.0. The lowest BCUT2D eigenvalue weighted by atomic mass is 10.2. The molecule has 0 atom stereocenters. The summed E-state index contributed by atoms with van der Waals surface area (Å²) in [6.45, 7) is 0.212. The number of rotatable bonds is 5. The fourth-order valence-electron chi connectivity index (χ4n) is 2.07. The van der Waals surface area contributed by atoms with E-state index >= 15 is 0 Å². The third-order valence-electron chi connectivity index (χ3n) is 3.25. The minimum absolute atomic E-state index is 0.0209. The highest BCUT2D eigenvalue weighted by Gasteiger charge is 2.30. The molecule has 0 saturated carbocycles. The molecule has 4 nitrogen and oxygen atoms in total. The molecule has 0 aliphatic carbocycles. The van der Waals surface area contributed by atoms with E-state index in [2.05, 4.69) is 9.97 Å². The van der Waals surface area contributed by atoms with Gasteiger partial charge in [-0.3, -0.25) is 0 Å². The second-order valence-corrected chi connectivity index (χ2v) is 5.60. The lowest BCUT2D eigenvalue weighted by Gasteiger charge is -2.10. The van der Waals surface area contributed by atoms with Crippen molar-refractivity contribution in [3.8, 4) is 17.6 Å². The van der Waals surface area contributed by atoms with Crippen molar-refractivity contribution in [3.05, 3.63) is 76.9 Å². The Balaban J connectivity index is 1.75. The van der Waals surface area contributed by atoms with Gasteiger partial charge in [-0.25, -0.2) is 0 Å². The molecular formula is C18H12ClF3N2O2. The van der Waals surface area contributed by atoms with Crippen LogP contribution in [0.5, 0.6) is 17.6 Å². The van der Waals surface area contributed by atoms with E-state index in [9.17, 15) is 13.2 Å². The van der Waals surface area contributed by atoms with Crippen LogP contribution in [-0.2, 0) is 12.8 Å². The monoisotopic (exact) mass is 380 g/mol. The molecule has 2 aromatic carbocycles. The number of aromatic nitrogens is 2. The summed E-state index contributed by atoms with van der Waals surface area (Å²) in [6, 6.07) is 15.0. The molecule has 0 bridgehead atoms. The van der Waals surface area contributed by atoms with E-state index in [4.69, 9.17) is 21.1 Å². The topological polar surface area (TPSA) is 44.2 Å². The predicted octanol–water partition coefficient (Wildman–Crippen LogP) is 5.52. The highest BCUT2D eigenvalue weighted by molar-refractivity contribution is 6.29. The second-order valence-electron chi connectivity index (χ2n) is 5.21.